The van der Waals surface area contributed by atoms with Gasteiger partial charge in [0.25, 0.3) is 0 Å². The minimum Gasteiger partial charge on any atom is -0.493 e. The highest BCUT2D eigenvalue weighted by Gasteiger charge is 2.43. The lowest BCUT2D eigenvalue weighted by molar-refractivity contribution is -0.0240. The van der Waals surface area contributed by atoms with Crippen LogP contribution in [0.3, 0.4) is 0 Å². The van der Waals surface area contributed by atoms with Gasteiger partial charge in [0.2, 0.25) is 0 Å². The molecule has 0 amide bonds. The maximum absolute atomic E-state index is 10.6. The van der Waals surface area contributed by atoms with E-state index in [1.54, 1.807) is 13.2 Å². The summed E-state index contributed by atoms with van der Waals surface area (Å²) >= 11 is 0. The van der Waals surface area contributed by atoms with Crippen molar-refractivity contribution in [3.05, 3.63) is 36.7 Å². The fourth-order valence-electron chi connectivity index (χ4n) is 4.12. The summed E-state index contributed by atoms with van der Waals surface area (Å²) in [5.74, 6) is 3.57. The zero-order chi connectivity index (χ0) is 18.1. The summed E-state index contributed by atoms with van der Waals surface area (Å²) in [5.41, 5.74) is 5.78. The van der Waals surface area contributed by atoms with Crippen LogP contribution in [0, 0.1) is 11.8 Å². The molecule has 2 heterocycles. The molecule has 0 radical (unpaired) electrons. The molecule has 4 atom stereocenters. The van der Waals surface area contributed by atoms with Crippen molar-refractivity contribution in [2.75, 3.05) is 30.8 Å². The van der Waals surface area contributed by atoms with Crippen LogP contribution in [0.25, 0.3) is 0 Å². The van der Waals surface area contributed by atoms with Crippen LogP contribution in [0.15, 0.2) is 36.7 Å². The van der Waals surface area contributed by atoms with Crippen LogP contribution in [-0.2, 0) is 0 Å². The first-order chi connectivity index (χ1) is 12.6. The molecule has 1 aliphatic carbocycles. The Bertz CT molecular complexity index is 772. The number of rotatable bonds is 4. The second kappa shape index (κ2) is 6.99. The zero-order valence-corrected chi connectivity index (χ0v) is 14.8. The average molecular weight is 356 g/mol. The van der Waals surface area contributed by atoms with Crippen LogP contribution in [-0.4, -0.2) is 47.5 Å². The highest BCUT2D eigenvalue weighted by molar-refractivity contribution is 5.47. The van der Waals surface area contributed by atoms with Crippen LogP contribution in [0.5, 0.6) is 11.5 Å². The van der Waals surface area contributed by atoms with Gasteiger partial charge in [0.15, 0.2) is 11.5 Å². The molecular formula is C19H24N4O3. The molecule has 2 aromatic rings. The van der Waals surface area contributed by atoms with Gasteiger partial charge in [0.05, 0.1) is 13.2 Å². The predicted molar refractivity (Wildman–Crippen MR) is 98.3 cm³/mol. The van der Waals surface area contributed by atoms with E-state index in [9.17, 15) is 5.11 Å². The molecule has 7 nitrogen and oxygen atoms in total. The molecule has 3 N–H and O–H groups in total. The van der Waals surface area contributed by atoms with E-state index in [0.717, 1.165) is 31.7 Å². The summed E-state index contributed by atoms with van der Waals surface area (Å²) in [6.07, 6.45) is 2.30. The molecular weight excluding hydrogens is 332 g/mol. The van der Waals surface area contributed by atoms with Crippen molar-refractivity contribution >= 4 is 11.6 Å². The van der Waals surface area contributed by atoms with Crippen LogP contribution in [0.2, 0.25) is 0 Å². The average Bonchev–Trinajstić information content (AvgIpc) is 3.05. The van der Waals surface area contributed by atoms with Crippen molar-refractivity contribution in [2.45, 2.75) is 25.0 Å². The standard InChI is InChI=1S/C19H24N4O3/c1-25-15-4-2-3-5-16(15)26-17-7-13-10-23(9-12(13)6-14(17)24)19-8-18(20)21-11-22-19/h2-5,8,11-14,17,24H,6-7,9-10H2,1H3,(H2,20,21,22)/t12-,13+,14+,17+/m0/s1. The minimum absolute atomic E-state index is 0.233. The molecule has 0 unspecified atom stereocenters. The fraction of sp³-hybridized carbons (Fsp3) is 0.474. The summed E-state index contributed by atoms with van der Waals surface area (Å²) in [4.78, 5) is 10.5. The number of hydrogen-bond acceptors (Lipinski definition) is 7. The second-order valence-corrected chi connectivity index (χ2v) is 7.07. The number of nitrogen functional groups attached to an aromatic ring is 1. The maximum atomic E-state index is 10.6. The minimum atomic E-state index is -0.489. The SMILES string of the molecule is COc1ccccc1O[C@@H]1C[C@@H]2CN(c3cc(N)ncn3)C[C@@H]2C[C@H]1O. The number of nitrogens with zero attached hydrogens (tertiary/aromatic N) is 3. The van der Waals surface area contributed by atoms with Gasteiger partial charge in [0, 0.05) is 19.2 Å². The lowest BCUT2D eigenvalue weighted by Gasteiger charge is -2.35. The van der Waals surface area contributed by atoms with Crippen LogP contribution in [0.1, 0.15) is 12.8 Å². The lowest BCUT2D eigenvalue weighted by Crippen LogP contribution is -2.42. The smallest absolute Gasteiger partial charge is 0.161 e. The van der Waals surface area contributed by atoms with Crippen LogP contribution >= 0.6 is 0 Å². The Balaban J connectivity index is 1.46. The van der Waals surface area contributed by atoms with Gasteiger partial charge >= 0.3 is 0 Å². The van der Waals surface area contributed by atoms with Crippen LogP contribution < -0.4 is 20.1 Å². The fourth-order valence-corrected chi connectivity index (χ4v) is 4.12. The Labute approximate surface area is 152 Å². The number of hydrogen-bond donors (Lipinski definition) is 2. The monoisotopic (exact) mass is 356 g/mol. The van der Waals surface area contributed by atoms with Gasteiger partial charge in [0.1, 0.15) is 24.1 Å². The maximum Gasteiger partial charge on any atom is 0.161 e. The van der Waals surface area contributed by atoms with Gasteiger partial charge < -0.3 is 25.2 Å². The first kappa shape index (κ1) is 16.9. The number of nitrogens with two attached hydrogens (primary N) is 1. The van der Waals surface area contributed by atoms with Crippen LogP contribution in [0.4, 0.5) is 11.6 Å². The highest BCUT2D eigenvalue weighted by atomic mass is 16.5. The lowest BCUT2D eigenvalue weighted by atomic mass is 9.78. The van der Waals surface area contributed by atoms with Crippen molar-refractivity contribution in [1.82, 2.24) is 9.97 Å². The Hall–Kier alpha value is -2.54. The molecule has 1 saturated carbocycles. The number of aliphatic hydroxyl groups is 1. The molecule has 0 bridgehead atoms. The molecule has 138 valence electrons. The molecule has 26 heavy (non-hydrogen) atoms. The van der Waals surface area contributed by atoms with E-state index >= 15 is 0 Å². The van der Waals surface area contributed by atoms with E-state index in [1.165, 1.54) is 6.33 Å². The normalized spacial score (nSPS) is 27.8. The number of methoxy groups -OCH3 is 1. The molecule has 2 aliphatic rings. The number of ether oxygens (including phenoxy) is 2. The van der Waals surface area contributed by atoms with Crippen molar-refractivity contribution in [2.24, 2.45) is 11.8 Å². The first-order valence-corrected chi connectivity index (χ1v) is 8.94. The second-order valence-electron chi connectivity index (χ2n) is 7.07. The topological polar surface area (TPSA) is 93.7 Å². The number of aromatic nitrogens is 2. The first-order valence-electron chi connectivity index (χ1n) is 8.94. The van der Waals surface area contributed by atoms with Crippen molar-refractivity contribution in [3.8, 4) is 11.5 Å². The Morgan fingerprint density at radius 3 is 2.58 bits per heavy atom. The van der Waals surface area contributed by atoms with Crippen molar-refractivity contribution in [1.29, 1.82) is 0 Å². The van der Waals surface area contributed by atoms with Gasteiger partial charge in [-0.25, -0.2) is 9.97 Å². The third-order valence-corrected chi connectivity index (χ3v) is 5.43. The van der Waals surface area contributed by atoms with Gasteiger partial charge in [-0.3, -0.25) is 0 Å². The molecule has 0 spiro atoms. The zero-order valence-electron chi connectivity index (χ0n) is 14.8. The van der Waals surface area contributed by atoms with E-state index in [0.29, 0.717) is 29.2 Å². The molecule has 7 heteroatoms. The molecule has 1 aromatic carbocycles. The quantitative estimate of drug-likeness (QED) is 0.861. The number of anilines is 2. The highest BCUT2D eigenvalue weighted by Crippen LogP contribution is 2.40. The van der Waals surface area contributed by atoms with Gasteiger partial charge in [-0.2, -0.15) is 0 Å². The number of benzene rings is 1. The number of para-hydroxylation sites is 2. The summed E-state index contributed by atoms with van der Waals surface area (Å²) < 4.78 is 11.5. The van der Waals surface area contributed by atoms with E-state index < -0.39 is 6.10 Å². The third-order valence-electron chi connectivity index (χ3n) is 5.43. The Morgan fingerprint density at radius 1 is 1.12 bits per heavy atom. The van der Waals surface area contributed by atoms with E-state index in [4.69, 9.17) is 15.2 Å². The van der Waals surface area contributed by atoms with Crippen molar-refractivity contribution in [3.63, 3.8) is 0 Å². The summed E-state index contributed by atoms with van der Waals surface area (Å²) in [6.45, 7) is 1.76. The summed E-state index contributed by atoms with van der Waals surface area (Å²) in [5, 5.41) is 10.6. The summed E-state index contributed by atoms with van der Waals surface area (Å²) in [6, 6.07) is 9.36. The van der Waals surface area contributed by atoms with Crippen molar-refractivity contribution < 1.29 is 14.6 Å². The number of fused-ring (bicyclic) bond motifs is 1. The predicted octanol–water partition coefficient (Wildman–Crippen LogP) is 1.72. The van der Waals surface area contributed by atoms with E-state index in [-0.39, 0.29) is 6.10 Å². The molecule has 4 rings (SSSR count). The molecule has 1 aliphatic heterocycles. The molecule has 1 aromatic heterocycles. The third kappa shape index (κ3) is 3.26. The Morgan fingerprint density at radius 2 is 1.85 bits per heavy atom. The molecule has 1 saturated heterocycles. The van der Waals surface area contributed by atoms with E-state index in [2.05, 4.69) is 14.9 Å². The summed E-state index contributed by atoms with van der Waals surface area (Å²) in [7, 11) is 1.62. The van der Waals surface area contributed by atoms with E-state index in [1.807, 2.05) is 24.3 Å². The van der Waals surface area contributed by atoms with Gasteiger partial charge in [-0.15, -0.1) is 0 Å². The van der Waals surface area contributed by atoms with Gasteiger partial charge in [-0.05, 0) is 36.8 Å². The number of aliphatic hydroxyl groups excluding tert-OH is 1. The Kier molecular flexibility index (Phi) is 4.55. The molecule has 2 fully saturated rings. The largest absolute Gasteiger partial charge is 0.493 e. The van der Waals surface area contributed by atoms with Gasteiger partial charge in [-0.1, -0.05) is 12.1 Å².